The molecule has 3 nitrogen and oxygen atoms in total. The third-order valence-corrected chi connectivity index (χ3v) is 3.49. The lowest BCUT2D eigenvalue weighted by Gasteiger charge is -2.12. The SMILES string of the molecule is CC(C)Oc1ccccc1C=C1C(=O)c2ccccc2C1=O. The molecule has 0 spiro atoms. The number of para-hydroxylation sites is 1. The molecule has 0 N–H and O–H groups in total. The first-order valence-electron chi connectivity index (χ1n) is 7.23. The van der Waals surface area contributed by atoms with E-state index in [0.29, 0.717) is 16.9 Å². The Labute approximate surface area is 129 Å². The van der Waals surface area contributed by atoms with Crippen molar-refractivity contribution in [3.63, 3.8) is 0 Å². The monoisotopic (exact) mass is 292 g/mol. The first-order chi connectivity index (χ1) is 10.6. The van der Waals surface area contributed by atoms with E-state index < -0.39 is 0 Å². The van der Waals surface area contributed by atoms with Crippen LogP contribution in [-0.4, -0.2) is 17.7 Å². The Hall–Kier alpha value is -2.68. The number of allylic oxidation sites excluding steroid dienone is 1. The summed E-state index contributed by atoms with van der Waals surface area (Å²) >= 11 is 0. The molecule has 0 amide bonds. The highest BCUT2D eigenvalue weighted by Crippen LogP contribution is 2.30. The zero-order chi connectivity index (χ0) is 15.7. The molecule has 0 radical (unpaired) electrons. The first-order valence-corrected chi connectivity index (χ1v) is 7.23. The number of hydrogen-bond acceptors (Lipinski definition) is 3. The Morgan fingerprint density at radius 3 is 2.00 bits per heavy atom. The second-order valence-corrected chi connectivity index (χ2v) is 5.47. The predicted octanol–water partition coefficient (Wildman–Crippen LogP) is 3.94. The van der Waals surface area contributed by atoms with Gasteiger partial charge in [-0.15, -0.1) is 0 Å². The molecule has 0 fully saturated rings. The normalized spacial score (nSPS) is 13.5. The molecule has 2 aromatic carbocycles. The number of rotatable bonds is 3. The van der Waals surface area contributed by atoms with Gasteiger partial charge in [-0.1, -0.05) is 42.5 Å². The van der Waals surface area contributed by atoms with Crippen molar-refractivity contribution in [3.8, 4) is 5.75 Å². The minimum Gasteiger partial charge on any atom is -0.490 e. The smallest absolute Gasteiger partial charge is 0.197 e. The molecule has 1 aliphatic carbocycles. The van der Waals surface area contributed by atoms with Crippen molar-refractivity contribution in [2.75, 3.05) is 0 Å². The lowest BCUT2D eigenvalue weighted by atomic mass is 10.1. The van der Waals surface area contributed by atoms with Crippen molar-refractivity contribution in [2.45, 2.75) is 20.0 Å². The molecular weight excluding hydrogens is 276 g/mol. The maximum Gasteiger partial charge on any atom is 0.197 e. The third-order valence-electron chi connectivity index (χ3n) is 3.49. The van der Waals surface area contributed by atoms with Gasteiger partial charge in [-0.25, -0.2) is 0 Å². The van der Waals surface area contributed by atoms with Crippen LogP contribution in [0.1, 0.15) is 40.1 Å². The van der Waals surface area contributed by atoms with Gasteiger partial charge in [0, 0.05) is 16.7 Å². The molecule has 0 heterocycles. The summed E-state index contributed by atoms with van der Waals surface area (Å²) in [5, 5.41) is 0. The van der Waals surface area contributed by atoms with Crippen LogP contribution in [0.4, 0.5) is 0 Å². The van der Waals surface area contributed by atoms with Gasteiger partial charge in [-0.3, -0.25) is 9.59 Å². The van der Waals surface area contributed by atoms with Gasteiger partial charge in [0.15, 0.2) is 11.6 Å². The highest BCUT2D eigenvalue weighted by molar-refractivity contribution is 6.41. The van der Waals surface area contributed by atoms with Gasteiger partial charge >= 0.3 is 0 Å². The zero-order valence-corrected chi connectivity index (χ0v) is 12.5. The number of carbonyl (C=O) groups is 2. The summed E-state index contributed by atoms with van der Waals surface area (Å²) in [5.74, 6) is 0.224. The summed E-state index contributed by atoms with van der Waals surface area (Å²) < 4.78 is 5.74. The minimum absolute atomic E-state index is 0.0201. The van der Waals surface area contributed by atoms with Crippen LogP contribution < -0.4 is 4.74 Å². The van der Waals surface area contributed by atoms with Gasteiger partial charge in [-0.05, 0) is 26.0 Å². The Balaban J connectivity index is 2.05. The lowest BCUT2D eigenvalue weighted by Crippen LogP contribution is -2.07. The average molecular weight is 292 g/mol. The molecule has 0 unspecified atom stereocenters. The highest BCUT2D eigenvalue weighted by atomic mass is 16.5. The number of ether oxygens (including phenoxy) is 1. The van der Waals surface area contributed by atoms with E-state index in [-0.39, 0.29) is 23.2 Å². The second-order valence-electron chi connectivity index (χ2n) is 5.47. The molecule has 0 aromatic heterocycles. The average Bonchev–Trinajstić information content (AvgIpc) is 2.74. The molecule has 1 aliphatic rings. The molecule has 110 valence electrons. The van der Waals surface area contributed by atoms with Crippen LogP contribution in [0.2, 0.25) is 0 Å². The van der Waals surface area contributed by atoms with Gasteiger partial charge < -0.3 is 4.74 Å². The molecule has 3 heteroatoms. The summed E-state index contributed by atoms with van der Waals surface area (Å²) in [6.07, 6.45) is 1.65. The summed E-state index contributed by atoms with van der Waals surface area (Å²) in [6, 6.07) is 14.3. The maximum atomic E-state index is 12.4. The van der Waals surface area contributed by atoms with Crippen LogP contribution in [-0.2, 0) is 0 Å². The van der Waals surface area contributed by atoms with Crippen LogP contribution in [0.5, 0.6) is 5.75 Å². The number of carbonyl (C=O) groups excluding carboxylic acids is 2. The molecular formula is C19H16O3. The Morgan fingerprint density at radius 2 is 1.41 bits per heavy atom. The number of benzene rings is 2. The molecule has 2 aromatic rings. The summed E-state index contributed by atoms with van der Waals surface area (Å²) in [6.45, 7) is 3.87. The van der Waals surface area contributed by atoms with E-state index in [0.717, 1.165) is 5.56 Å². The Kier molecular flexibility index (Phi) is 3.63. The van der Waals surface area contributed by atoms with E-state index in [1.807, 2.05) is 38.1 Å². The van der Waals surface area contributed by atoms with E-state index in [9.17, 15) is 9.59 Å². The zero-order valence-electron chi connectivity index (χ0n) is 12.5. The van der Waals surface area contributed by atoms with Crippen molar-refractivity contribution in [2.24, 2.45) is 0 Å². The topological polar surface area (TPSA) is 43.4 Å². The van der Waals surface area contributed by atoms with Gasteiger partial charge in [0.05, 0.1) is 11.7 Å². The molecule has 3 rings (SSSR count). The van der Waals surface area contributed by atoms with Crippen molar-refractivity contribution in [3.05, 3.63) is 70.8 Å². The molecule has 0 aliphatic heterocycles. The number of Topliss-reactive ketones (excluding diaryl/α,β-unsaturated/α-hetero) is 2. The maximum absolute atomic E-state index is 12.4. The van der Waals surface area contributed by atoms with Crippen LogP contribution in [0.15, 0.2) is 54.1 Å². The van der Waals surface area contributed by atoms with E-state index in [4.69, 9.17) is 4.74 Å². The summed E-state index contributed by atoms with van der Waals surface area (Å²) in [7, 11) is 0. The minimum atomic E-state index is -0.222. The van der Waals surface area contributed by atoms with Crippen molar-refractivity contribution >= 4 is 17.6 Å². The van der Waals surface area contributed by atoms with Gasteiger partial charge in [0.2, 0.25) is 0 Å². The van der Waals surface area contributed by atoms with Crippen molar-refractivity contribution in [1.82, 2.24) is 0 Å². The van der Waals surface area contributed by atoms with Crippen LogP contribution in [0.3, 0.4) is 0 Å². The van der Waals surface area contributed by atoms with E-state index in [2.05, 4.69) is 0 Å². The van der Waals surface area contributed by atoms with Crippen LogP contribution >= 0.6 is 0 Å². The first kappa shape index (κ1) is 14.3. The molecule has 0 bridgehead atoms. The lowest BCUT2D eigenvalue weighted by molar-refractivity contribution is 0.0990. The molecule has 22 heavy (non-hydrogen) atoms. The van der Waals surface area contributed by atoms with Crippen molar-refractivity contribution < 1.29 is 14.3 Å². The van der Waals surface area contributed by atoms with E-state index in [1.54, 1.807) is 30.3 Å². The van der Waals surface area contributed by atoms with E-state index >= 15 is 0 Å². The van der Waals surface area contributed by atoms with Crippen molar-refractivity contribution in [1.29, 1.82) is 0 Å². The van der Waals surface area contributed by atoms with Crippen LogP contribution in [0.25, 0.3) is 6.08 Å². The Bertz CT molecular complexity index is 748. The molecule has 0 atom stereocenters. The fraction of sp³-hybridized carbons (Fsp3) is 0.158. The van der Waals surface area contributed by atoms with Gasteiger partial charge in [-0.2, -0.15) is 0 Å². The Morgan fingerprint density at radius 1 is 0.864 bits per heavy atom. The largest absolute Gasteiger partial charge is 0.490 e. The fourth-order valence-corrected chi connectivity index (χ4v) is 2.52. The summed E-state index contributed by atoms with van der Waals surface area (Å²) in [4.78, 5) is 24.8. The predicted molar refractivity (Wildman–Crippen MR) is 85.3 cm³/mol. The molecule has 0 saturated carbocycles. The number of hydrogen-bond donors (Lipinski definition) is 0. The quantitative estimate of drug-likeness (QED) is 0.636. The van der Waals surface area contributed by atoms with Crippen LogP contribution in [0, 0.1) is 0 Å². The van der Waals surface area contributed by atoms with Gasteiger partial charge in [0.1, 0.15) is 5.75 Å². The second kappa shape index (κ2) is 5.60. The molecule has 0 saturated heterocycles. The standard InChI is InChI=1S/C19H16O3/c1-12(2)22-17-10-6-3-7-13(17)11-16-18(20)14-8-4-5-9-15(14)19(16)21/h3-12H,1-2H3. The third kappa shape index (κ3) is 2.46. The van der Waals surface area contributed by atoms with Gasteiger partial charge in [0.25, 0.3) is 0 Å². The summed E-state index contributed by atoms with van der Waals surface area (Å²) in [5.41, 5.74) is 1.88. The number of fused-ring (bicyclic) bond motifs is 1. The fourth-order valence-electron chi connectivity index (χ4n) is 2.52. The number of ketones is 2. The highest BCUT2D eigenvalue weighted by Gasteiger charge is 2.32. The van der Waals surface area contributed by atoms with E-state index in [1.165, 1.54) is 0 Å².